The zero-order valence-corrected chi connectivity index (χ0v) is 20.2. The van der Waals surface area contributed by atoms with E-state index >= 15 is 0 Å². The van der Waals surface area contributed by atoms with Crippen LogP contribution in [0.15, 0.2) is 60.7 Å². The van der Waals surface area contributed by atoms with E-state index < -0.39 is 0 Å². The van der Waals surface area contributed by atoms with Gasteiger partial charge in [-0.25, -0.2) is 0 Å². The summed E-state index contributed by atoms with van der Waals surface area (Å²) >= 11 is 0. The molecule has 0 amide bonds. The molecule has 0 aromatic heterocycles. The first-order valence-electron chi connectivity index (χ1n) is 12.2. The van der Waals surface area contributed by atoms with Crippen LogP contribution in [-0.2, 0) is 0 Å². The smallest absolute Gasteiger partial charge is 0.0184 e. The van der Waals surface area contributed by atoms with E-state index in [9.17, 15) is 0 Å². The van der Waals surface area contributed by atoms with Crippen LogP contribution in [-0.4, -0.2) is 12.3 Å². The highest BCUT2D eigenvalue weighted by Crippen LogP contribution is 2.18. The van der Waals surface area contributed by atoms with Crippen LogP contribution in [0, 0.1) is 0 Å². The summed E-state index contributed by atoms with van der Waals surface area (Å²) in [5, 5.41) is 0. The average molecular weight is 413 g/mol. The van der Waals surface area contributed by atoms with Crippen molar-refractivity contribution in [2.75, 3.05) is 12.3 Å². The Morgan fingerprint density at radius 2 is 0.793 bits per heavy atom. The molecule has 0 heterocycles. The van der Waals surface area contributed by atoms with Gasteiger partial charge in [0.2, 0.25) is 0 Å². The molecule has 0 nitrogen and oxygen atoms in total. The van der Waals surface area contributed by atoms with Crippen LogP contribution >= 0.6 is 8.58 Å². The Labute approximate surface area is 183 Å². The van der Waals surface area contributed by atoms with Crippen molar-refractivity contribution in [3.63, 3.8) is 0 Å². The van der Waals surface area contributed by atoms with Gasteiger partial charge in [0.1, 0.15) is 0 Å². The van der Waals surface area contributed by atoms with Gasteiger partial charge in [0.05, 0.1) is 0 Å². The van der Waals surface area contributed by atoms with E-state index in [1.165, 1.54) is 109 Å². The normalized spacial score (nSPS) is 10.4. The van der Waals surface area contributed by atoms with Crippen molar-refractivity contribution < 1.29 is 0 Å². The molecule has 0 aliphatic carbocycles. The fraction of sp³-hybridized carbons (Fsp3) is 0.571. The highest BCUT2D eigenvalue weighted by molar-refractivity contribution is 7.37. The Hall–Kier alpha value is -1.13. The van der Waals surface area contributed by atoms with Crippen LogP contribution in [0.3, 0.4) is 0 Å². The summed E-state index contributed by atoms with van der Waals surface area (Å²) in [5.41, 5.74) is 2.55. The summed E-state index contributed by atoms with van der Waals surface area (Å²) in [6.07, 6.45) is 20.5. The first-order chi connectivity index (χ1) is 14.4. The molecule has 0 saturated carbocycles. The van der Waals surface area contributed by atoms with Crippen molar-refractivity contribution in [2.24, 2.45) is 0 Å². The Bertz CT molecular complexity index is 498. The third-order valence-corrected chi connectivity index (χ3v) is 6.71. The first kappa shape index (κ1) is 25.9. The van der Waals surface area contributed by atoms with Crippen LogP contribution < -0.4 is 0 Å². The van der Waals surface area contributed by atoms with Gasteiger partial charge in [-0.3, -0.25) is 0 Å². The van der Waals surface area contributed by atoms with Gasteiger partial charge in [-0.1, -0.05) is 139 Å². The van der Waals surface area contributed by atoms with E-state index in [0.717, 1.165) is 0 Å². The summed E-state index contributed by atoms with van der Waals surface area (Å²) < 4.78 is 0. The standard InChI is InChI=1S/C16H35P.C12H10/c1-3-5-7-9-11-13-15-17-16-14-12-10-8-6-4-2;1-3-7-11(8-4-1)12-9-5-2-6-10-12/h17H,3-16H2,1-2H3;1-10H. The molecule has 0 N–H and O–H groups in total. The maximum atomic E-state index is 2.29. The van der Waals surface area contributed by atoms with E-state index in [-0.39, 0.29) is 0 Å². The van der Waals surface area contributed by atoms with Crippen molar-refractivity contribution >= 4 is 8.58 Å². The van der Waals surface area contributed by atoms with E-state index in [1.807, 2.05) is 12.1 Å². The lowest BCUT2D eigenvalue weighted by Gasteiger charge is -2.03. The molecule has 2 rings (SSSR count). The molecular weight excluding hydrogens is 367 g/mol. The summed E-state index contributed by atoms with van der Waals surface area (Å²) in [7, 11) is 1.26. The number of rotatable bonds is 15. The summed E-state index contributed by atoms with van der Waals surface area (Å²) in [4.78, 5) is 0. The Morgan fingerprint density at radius 3 is 1.17 bits per heavy atom. The molecule has 0 saturated heterocycles. The molecule has 0 radical (unpaired) electrons. The van der Waals surface area contributed by atoms with Crippen LogP contribution in [0.4, 0.5) is 0 Å². The molecule has 29 heavy (non-hydrogen) atoms. The SMILES string of the molecule is CCCCCCCCPCCCCCCCC.c1ccc(-c2ccccc2)cc1. The van der Waals surface area contributed by atoms with Gasteiger partial charge in [-0.15, -0.1) is 8.58 Å². The molecule has 0 spiro atoms. The van der Waals surface area contributed by atoms with Gasteiger partial charge < -0.3 is 0 Å². The molecule has 0 bridgehead atoms. The third-order valence-electron chi connectivity index (χ3n) is 5.30. The predicted molar refractivity (Wildman–Crippen MR) is 137 cm³/mol. The lowest BCUT2D eigenvalue weighted by Crippen LogP contribution is -1.84. The van der Waals surface area contributed by atoms with E-state index in [1.54, 1.807) is 0 Å². The molecule has 2 aromatic carbocycles. The molecule has 0 fully saturated rings. The van der Waals surface area contributed by atoms with Crippen molar-refractivity contribution in [1.82, 2.24) is 0 Å². The summed E-state index contributed by atoms with van der Waals surface area (Å²) in [6, 6.07) is 20.8. The topological polar surface area (TPSA) is 0 Å². The van der Waals surface area contributed by atoms with Crippen molar-refractivity contribution in [1.29, 1.82) is 0 Å². The second-order valence-corrected chi connectivity index (χ2v) is 9.52. The average Bonchev–Trinajstić information content (AvgIpc) is 2.79. The second-order valence-electron chi connectivity index (χ2n) is 8.02. The molecule has 0 aliphatic rings. The van der Waals surface area contributed by atoms with Gasteiger partial charge >= 0.3 is 0 Å². The van der Waals surface area contributed by atoms with Gasteiger partial charge in [-0.2, -0.15) is 0 Å². The first-order valence-corrected chi connectivity index (χ1v) is 13.6. The number of unbranched alkanes of at least 4 members (excludes halogenated alkanes) is 10. The minimum Gasteiger partial charge on any atom is -0.122 e. The molecule has 1 heteroatoms. The molecule has 0 atom stereocenters. The van der Waals surface area contributed by atoms with Gasteiger partial charge in [0, 0.05) is 0 Å². The fourth-order valence-electron chi connectivity index (χ4n) is 3.45. The minimum atomic E-state index is 1.26. The van der Waals surface area contributed by atoms with Gasteiger partial charge in [-0.05, 0) is 36.3 Å². The maximum absolute atomic E-state index is 2.29. The lowest BCUT2D eigenvalue weighted by atomic mass is 10.1. The van der Waals surface area contributed by atoms with Gasteiger partial charge in [0.15, 0.2) is 0 Å². The quantitative estimate of drug-likeness (QED) is 0.202. The van der Waals surface area contributed by atoms with Crippen LogP contribution in [0.5, 0.6) is 0 Å². The van der Waals surface area contributed by atoms with Crippen molar-refractivity contribution in [2.45, 2.75) is 90.9 Å². The Kier molecular flexibility index (Phi) is 18.0. The molecule has 0 aliphatic heterocycles. The lowest BCUT2D eigenvalue weighted by molar-refractivity contribution is 0.623. The van der Waals surface area contributed by atoms with Crippen molar-refractivity contribution in [3.8, 4) is 11.1 Å². The number of hydrogen-bond acceptors (Lipinski definition) is 0. The third kappa shape index (κ3) is 15.4. The predicted octanol–water partition coefficient (Wildman–Crippen LogP) is 9.74. The largest absolute Gasteiger partial charge is 0.122 e. The molecule has 0 unspecified atom stereocenters. The van der Waals surface area contributed by atoms with Crippen LogP contribution in [0.2, 0.25) is 0 Å². The fourth-order valence-corrected chi connectivity index (χ4v) is 4.70. The van der Waals surface area contributed by atoms with Gasteiger partial charge in [0.25, 0.3) is 0 Å². The van der Waals surface area contributed by atoms with Crippen LogP contribution in [0.1, 0.15) is 90.9 Å². The highest BCUT2D eigenvalue weighted by atomic mass is 31.1. The number of benzene rings is 2. The molecular formula is C28H45P. The highest BCUT2D eigenvalue weighted by Gasteiger charge is 1.93. The summed E-state index contributed by atoms with van der Waals surface area (Å²) in [5.74, 6) is 0. The maximum Gasteiger partial charge on any atom is -0.0184 e. The Morgan fingerprint density at radius 1 is 0.448 bits per heavy atom. The zero-order chi connectivity index (χ0) is 20.8. The van der Waals surface area contributed by atoms with E-state index in [0.29, 0.717) is 0 Å². The second kappa shape index (κ2) is 20.2. The van der Waals surface area contributed by atoms with Crippen LogP contribution in [0.25, 0.3) is 11.1 Å². The molecule has 2 aromatic rings. The van der Waals surface area contributed by atoms with Crippen molar-refractivity contribution in [3.05, 3.63) is 60.7 Å². The van der Waals surface area contributed by atoms with E-state index in [4.69, 9.17) is 0 Å². The summed E-state index contributed by atoms with van der Waals surface area (Å²) in [6.45, 7) is 4.59. The zero-order valence-electron chi connectivity index (χ0n) is 19.2. The monoisotopic (exact) mass is 412 g/mol. The minimum absolute atomic E-state index is 1.26. The molecule has 162 valence electrons. The van der Waals surface area contributed by atoms with E-state index in [2.05, 4.69) is 62.4 Å². The number of hydrogen-bond donors (Lipinski definition) is 0. The Balaban J connectivity index is 0.000000304.